The average molecular weight is 226 g/mol. The van der Waals surface area contributed by atoms with E-state index in [1.165, 1.54) is 11.3 Å². The number of hydrogen-bond donors (Lipinski definition) is 1. The van der Waals surface area contributed by atoms with Crippen molar-refractivity contribution in [1.29, 1.82) is 0 Å². The fourth-order valence-electron chi connectivity index (χ4n) is 1.21. The topological polar surface area (TPSA) is 54.4 Å². The summed E-state index contributed by atoms with van der Waals surface area (Å²) in [7, 11) is 0. The first-order valence-electron chi connectivity index (χ1n) is 3.85. The van der Waals surface area contributed by atoms with E-state index in [4.69, 9.17) is 5.11 Å². The fraction of sp³-hybridized carbons (Fsp3) is 0.111. The molecule has 0 aliphatic carbocycles. The van der Waals surface area contributed by atoms with Crippen LogP contribution in [-0.4, -0.2) is 11.1 Å². The molecule has 0 atom stereocenters. The number of carboxylic acids is 1. The summed E-state index contributed by atoms with van der Waals surface area (Å²) >= 11 is 2.22. The average Bonchev–Trinajstić information content (AvgIpc) is 2.45. The zero-order valence-corrected chi connectivity index (χ0v) is 8.87. The zero-order valence-electron chi connectivity index (χ0n) is 7.23. The Bertz CT molecular complexity index is 565. The normalized spacial score (nSPS) is 10.6. The lowest BCUT2D eigenvalue weighted by Crippen LogP contribution is -2.00. The number of thiophene rings is 1. The summed E-state index contributed by atoms with van der Waals surface area (Å²) in [6, 6.07) is 3.35. The number of hydrogen-bond acceptors (Lipinski definition) is 4. The maximum absolute atomic E-state index is 11.5. The van der Waals surface area contributed by atoms with Gasteiger partial charge in [-0.1, -0.05) is 11.3 Å². The molecule has 5 heteroatoms. The summed E-state index contributed by atoms with van der Waals surface area (Å²) in [6.45, 7) is 1.90. The third-order valence-electron chi connectivity index (χ3n) is 1.78. The lowest BCUT2D eigenvalue weighted by Gasteiger charge is -1.91. The molecule has 2 aromatic rings. The van der Waals surface area contributed by atoms with E-state index in [0.29, 0.717) is 5.39 Å². The number of carbonyl (C=O) groups is 1. The molecule has 0 radical (unpaired) electrons. The molecule has 0 fully saturated rings. The second-order valence-corrected chi connectivity index (χ2v) is 5.14. The summed E-state index contributed by atoms with van der Waals surface area (Å²) in [5.74, 6) is -1.04. The molecule has 2 heterocycles. The van der Waals surface area contributed by atoms with E-state index in [1.54, 1.807) is 12.1 Å². The Kier molecular flexibility index (Phi) is 2.13. The Morgan fingerprint density at radius 2 is 2.07 bits per heavy atom. The van der Waals surface area contributed by atoms with E-state index in [0.717, 1.165) is 20.9 Å². The van der Waals surface area contributed by atoms with Crippen LogP contribution < -0.4 is 4.74 Å². The molecule has 2 aromatic heterocycles. The highest BCUT2D eigenvalue weighted by atomic mass is 32.1. The molecule has 72 valence electrons. The summed E-state index contributed by atoms with van der Waals surface area (Å²) < 4.78 is 0.577. The first kappa shape index (κ1) is 9.36. The van der Waals surface area contributed by atoms with E-state index < -0.39 is 5.97 Å². The van der Waals surface area contributed by atoms with Crippen LogP contribution in [0.1, 0.15) is 14.5 Å². The molecule has 0 spiro atoms. The van der Waals surface area contributed by atoms with Crippen molar-refractivity contribution in [2.24, 2.45) is 0 Å². The lowest BCUT2D eigenvalue weighted by molar-refractivity contribution is 0.0702. The van der Waals surface area contributed by atoms with Crippen molar-refractivity contribution in [3.8, 4) is 0 Å². The van der Waals surface area contributed by atoms with E-state index in [9.17, 15) is 9.59 Å². The third kappa shape index (κ3) is 1.44. The Balaban J connectivity index is 2.84. The van der Waals surface area contributed by atoms with Crippen LogP contribution in [0.3, 0.4) is 0 Å². The highest BCUT2D eigenvalue weighted by Gasteiger charge is 2.10. The molecule has 0 bridgehead atoms. The minimum Gasteiger partial charge on any atom is -0.477 e. The van der Waals surface area contributed by atoms with Crippen molar-refractivity contribution in [3.05, 3.63) is 31.4 Å². The zero-order chi connectivity index (χ0) is 10.3. The van der Waals surface area contributed by atoms with Crippen LogP contribution >= 0.6 is 22.7 Å². The van der Waals surface area contributed by atoms with Crippen molar-refractivity contribution in [2.75, 3.05) is 0 Å². The maximum atomic E-state index is 11.5. The van der Waals surface area contributed by atoms with Crippen molar-refractivity contribution < 1.29 is 9.90 Å². The molecule has 0 aromatic carbocycles. The highest BCUT2D eigenvalue weighted by Crippen LogP contribution is 2.24. The number of fused-ring (bicyclic) bond motifs is 1. The molecule has 0 aliphatic rings. The van der Waals surface area contributed by atoms with Crippen LogP contribution in [0.5, 0.6) is 0 Å². The quantitative estimate of drug-likeness (QED) is 0.812. The van der Waals surface area contributed by atoms with Crippen LogP contribution in [-0.2, 0) is 0 Å². The van der Waals surface area contributed by atoms with E-state index in [1.807, 2.05) is 6.92 Å². The Morgan fingerprint density at radius 1 is 1.36 bits per heavy atom. The number of rotatable bonds is 1. The molecular weight excluding hydrogens is 220 g/mol. The Labute approximate surface area is 87.3 Å². The van der Waals surface area contributed by atoms with Gasteiger partial charge in [0, 0.05) is 9.58 Å². The van der Waals surface area contributed by atoms with Gasteiger partial charge >= 0.3 is 5.97 Å². The second-order valence-electron chi connectivity index (χ2n) is 2.84. The van der Waals surface area contributed by atoms with Crippen LogP contribution in [0.15, 0.2) is 16.9 Å². The summed E-state index contributed by atoms with van der Waals surface area (Å²) in [5.41, 5.74) is 0. The predicted molar refractivity (Wildman–Crippen MR) is 57.7 cm³/mol. The van der Waals surface area contributed by atoms with E-state index in [-0.39, 0.29) is 9.62 Å². The standard InChI is InChI=1S/C9H6O3S2/c1-4-2-5-6(13-4)3-7(8(10)11)14-9(5)12/h2-3H,1H3,(H,10,11). The number of aryl methyl sites for hydroxylation is 1. The summed E-state index contributed by atoms with van der Waals surface area (Å²) in [4.78, 5) is 23.3. The number of aromatic carboxylic acids is 1. The minimum absolute atomic E-state index is 0.101. The molecule has 14 heavy (non-hydrogen) atoms. The van der Waals surface area contributed by atoms with Gasteiger partial charge in [-0.25, -0.2) is 4.79 Å². The predicted octanol–water partition coefficient (Wildman–Crippen LogP) is 2.33. The highest BCUT2D eigenvalue weighted by molar-refractivity contribution is 7.20. The molecule has 0 saturated heterocycles. The molecule has 0 amide bonds. The van der Waals surface area contributed by atoms with Gasteiger partial charge in [-0.05, 0) is 19.1 Å². The van der Waals surface area contributed by atoms with Crippen molar-refractivity contribution in [2.45, 2.75) is 6.92 Å². The van der Waals surface area contributed by atoms with Crippen LogP contribution in [0.4, 0.5) is 0 Å². The molecular formula is C9H6O3S2. The van der Waals surface area contributed by atoms with Gasteiger partial charge in [0.05, 0.1) is 5.39 Å². The third-order valence-corrected chi connectivity index (χ3v) is 3.69. The van der Waals surface area contributed by atoms with Crippen molar-refractivity contribution in [1.82, 2.24) is 0 Å². The van der Waals surface area contributed by atoms with Gasteiger partial charge in [0.15, 0.2) is 0 Å². The van der Waals surface area contributed by atoms with Crippen molar-refractivity contribution in [3.63, 3.8) is 0 Å². The van der Waals surface area contributed by atoms with Gasteiger partial charge in [-0.2, -0.15) is 0 Å². The first-order chi connectivity index (χ1) is 6.58. The maximum Gasteiger partial charge on any atom is 0.346 e. The summed E-state index contributed by atoms with van der Waals surface area (Å²) in [6.07, 6.45) is 0. The van der Waals surface area contributed by atoms with Gasteiger partial charge < -0.3 is 5.11 Å². The number of carboxylic acid groups (broad SMARTS) is 1. The molecule has 1 N–H and O–H groups in total. The Morgan fingerprint density at radius 3 is 2.71 bits per heavy atom. The van der Waals surface area contributed by atoms with Gasteiger partial charge in [0.25, 0.3) is 0 Å². The SMILES string of the molecule is Cc1cc2c(=O)sc(C(=O)O)cc2s1. The molecule has 2 rings (SSSR count). The van der Waals surface area contributed by atoms with Gasteiger partial charge in [-0.3, -0.25) is 4.79 Å². The monoisotopic (exact) mass is 226 g/mol. The Hall–Kier alpha value is -1.20. The minimum atomic E-state index is -1.04. The lowest BCUT2D eigenvalue weighted by atomic mass is 10.3. The largest absolute Gasteiger partial charge is 0.477 e. The van der Waals surface area contributed by atoms with Gasteiger partial charge in [0.1, 0.15) is 4.88 Å². The van der Waals surface area contributed by atoms with E-state index >= 15 is 0 Å². The summed E-state index contributed by atoms with van der Waals surface area (Å²) in [5, 5.41) is 9.38. The van der Waals surface area contributed by atoms with Crippen LogP contribution in [0.2, 0.25) is 0 Å². The van der Waals surface area contributed by atoms with Crippen LogP contribution in [0.25, 0.3) is 10.1 Å². The molecule has 0 unspecified atom stereocenters. The molecule has 0 aliphatic heterocycles. The van der Waals surface area contributed by atoms with Gasteiger partial charge in [-0.15, -0.1) is 11.3 Å². The smallest absolute Gasteiger partial charge is 0.346 e. The fourth-order valence-corrected chi connectivity index (χ4v) is 3.05. The first-order valence-corrected chi connectivity index (χ1v) is 5.49. The molecule has 0 saturated carbocycles. The molecule has 3 nitrogen and oxygen atoms in total. The van der Waals surface area contributed by atoms with Crippen LogP contribution in [0, 0.1) is 6.92 Å². The van der Waals surface area contributed by atoms with E-state index in [2.05, 4.69) is 0 Å². The van der Waals surface area contributed by atoms with Gasteiger partial charge in [0.2, 0.25) is 4.74 Å². The second kappa shape index (κ2) is 3.18. The van der Waals surface area contributed by atoms with Crippen molar-refractivity contribution >= 4 is 38.7 Å².